The molecule has 0 fully saturated rings. The molecule has 3 aromatic rings. The molecule has 0 N–H and O–H groups in total. The highest BCUT2D eigenvalue weighted by molar-refractivity contribution is 6.31. The van der Waals surface area contributed by atoms with Crippen LogP contribution >= 0.6 is 11.6 Å². The van der Waals surface area contributed by atoms with Gasteiger partial charge in [0.25, 0.3) is 0 Å². The van der Waals surface area contributed by atoms with Crippen LogP contribution in [-0.4, -0.2) is 7.11 Å². The van der Waals surface area contributed by atoms with Gasteiger partial charge in [-0.3, -0.25) is 0 Å². The van der Waals surface area contributed by atoms with Gasteiger partial charge in [0.1, 0.15) is 11.6 Å². The summed E-state index contributed by atoms with van der Waals surface area (Å²) < 4.78 is 19.9. The van der Waals surface area contributed by atoms with Gasteiger partial charge >= 0.3 is 0 Å². The van der Waals surface area contributed by atoms with Gasteiger partial charge in [0, 0.05) is 11.5 Å². The molecule has 0 spiro atoms. The highest BCUT2D eigenvalue weighted by Gasteiger charge is 2.41. The van der Waals surface area contributed by atoms with Gasteiger partial charge < -0.3 is 4.74 Å². The molecule has 0 saturated carbocycles. The number of halogens is 2. The molecule has 1 atom stereocenters. The van der Waals surface area contributed by atoms with Crippen molar-refractivity contribution in [1.29, 1.82) is 0 Å². The SMILES string of the molecule is COc1ccc2c3c1-c1cc(C(C)(C)C)ccc1C3c1cc(Cl)c(F)cc1-2. The van der Waals surface area contributed by atoms with Crippen LogP contribution in [0.1, 0.15) is 48.9 Å². The van der Waals surface area contributed by atoms with Gasteiger partial charge in [-0.1, -0.05) is 56.6 Å². The van der Waals surface area contributed by atoms with Crippen LogP contribution in [0.2, 0.25) is 5.02 Å². The standard InChI is InChI=1S/C24H20ClFO/c1-24(2,3)12-5-6-14-16(9-12)22-20(27-4)8-7-13-15-11-19(26)18(25)10-17(15)21(14)23(13)22/h5-11,21H,1-4H3. The normalized spacial score (nSPS) is 16.1. The Labute approximate surface area is 163 Å². The van der Waals surface area contributed by atoms with Crippen molar-refractivity contribution in [3.05, 3.63) is 75.6 Å². The molecule has 0 radical (unpaired) electrons. The first-order valence-corrected chi connectivity index (χ1v) is 9.54. The molecule has 2 aliphatic carbocycles. The first-order valence-electron chi connectivity index (χ1n) is 9.16. The van der Waals surface area contributed by atoms with Crippen molar-refractivity contribution in [1.82, 2.24) is 0 Å². The van der Waals surface area contributed by atoms with Crippen LogP contribution in [0, 0.1) is 5.82 Å². The topological polar surface area (TPSA) is 9.23 Å². The maximum atomic E-state index is 14.2. The fourth-order valence-corrected chi connectivity index (χ4v) is 4.76. The molecule has 0 aliphatic heterocycles. The first kappa shape index (κ1) is 16.8. The van der Waals surface area contributed by atoms with E-state index in [4.69, 9.17) is 16.3 Å². The lowest BCUT2D eigenvalue weighted by Crippen LogP contribution is -2.11. The van der Waals surface area contributed by atoms with E-state index in [0.29, 0.717) is 0 Å². The minimum atomic E-state index is -0.372. The Morgan fingerprint density at radius 3 is 2.41 bits per heavy atom. The van der Waals surface area contributed by atoms with E-state index in [9.17, 15) is 4.39 Å². The third-order valence-corrected chi connectivity index (χ3v) is 6.20. The van der Waals surface area contributed by atoms with Crippen molar-refractivity contribution in [3.63, 3.8) is 0 Å². The monoisotopic (exact) mass is 378 g/mol. The maximum absolute atomic E-state index is 14.2. The molecule has 2 aliphatic rings. The quantitative estimate of drug-likeness (QED) is 0.307. The van der Waals surface area contributed by atoms with Gasteiger partial charge in [0.05, 0.1) is 12.1 Å². The number of benzene rings is 3. The summed E-state index contributed by atoms with van der Waals surface area (Å²) in [7, 11) is 1.71. The van der Waals surface area contributed by atoms with Crippen molar-refractivity contribution < 1.29 is 9.13 Å². The Balaban J connectivity index is 1.87. The highest BCUT2D eigenvalue weighted by atomic mass is 35.5. The molecule has 136 valence electrons. The van der Waals surface area contributed by atoms with E-state index in [2.05, 4.69) is 39.0 Å². The smallest absolute Gasteiger partial charge is 0.142 e. The molecule has 3 aromatic carbocycles. The number of fused-ring (bicyclic) bond motifs is 6. The van der Waals surface area contributed by atoms with Gasteiger partial charge in [0.15, 0.2) is 0 Å². The Morgan fingerprint density at radius 2 is 1.70 bits per heavy atom. The number of rotatable bonds is 1. The van der Waals surface area contributed by atoms with E-state index in [1.54, 1.807) is 19.2 Å². The van der Waals surface area contributed by atoms with Crippen molar-refractivity contribution >= 4 is 11.6 Å². The summed E-state index contributed by atoms with van der Waals surface area (Å²) in [4.78, 5) is 0. The van der Waals surface area contributed by atoms with Crippen molar-refractivity contribution in [2.24, 2.45) is 0 Å². The van der Waals surface area contributed by atoms with Gasteiger partial charge in [-0.05, 0) is 62.6 Å². The van der Waals surface area contributed by atoms with Gasteiger partial charge in [-0.25, -0.2) is 4.39 Å². The third-order valence-electron chi connectivity index (χ3n) is 5.91. The predicted molar refractivity (Wildman–Crippen MR) is 108 cm³/mol. The summed E-state index contributed by atoms with van der Waals surface area (Å²) >= 11 is 6.15. The summed E-state index contributed by atoms with van der Waals surface area (Å²) in [6, 6.07) is 14.1. The lowest BCUT2D eigenvalue weighted by Gasteiger charge is -2.21. The van der Waals surface area contributed by atoms with Gasteiger partial charge in [-0.15, -0.1) is 0 Å². The van der Waals surface area contributed by atoms with Crippen molar-refractivity contribution in [2.45, 2.75) is 32.1 Å². The van der Waals surface area contributed by atoms with E-state index in [0.717, 1.165) is 28.0 Å². The van der Waals surface area contributed by atoms with Crippen LogP contribution < -0.4 is 4.74 Å². The third kappa shape index (κ3) is 2.17. The second kappa shape index (κ2) is 5.36. The molecular weight excluding hydrogens is 359 g/mol. The fraction of sp³-hybridized carbons (Fsp3) is 0.250. The molecule has 1 nitrogen and oxygen atoms in total. The summed E-state index contributed by atoms with van der Waals surface area (Å²) in [5, 5.41) is 0.176. The van der Waals surface area contributed by atoms with Gasteiger partial charge in [-0.2, -0.15) is 0 Å². The Bertz CT molecular complexity index is 1120. The molecular formula is C24H20ClFO. The summed E-state index contributed by atoms with van der Waals surface area (Å²) in [5.41, 5.74) is 9.25. The zero-order valence-corrected chi connectivity index (χ0v) is 16.5. The largest absolute Gasteiger partial charge is 0.496 e. The minimum absolute atomic E-state index is 0.0621. The van der Waals surface area contributed by atoms with E-state index in [-0.39, 0.29) is 22.2 Å². The Hall–Kier alpha value is -2.32. The summed E-state index contributed by atoms with van der Waals surface area (Å²) in [6.07, 6.45) is 0. The molecule has 3 heteroatoms. The number of ether oxygens (including phenoxy) is 1. The van der Waals surface area contributed by atoms with Crippen LogP contribution in [0.4, 0.5) is 4.39 Å². The zero-order chi connectivity index (χ0) is 19.1. The molecule has 0 heterocycles. The number of methoxy groups -OCH3 is 1. The van der Waals surface area contributed by atoms with Crippen LogP contribution in [0.3, 0.4) is 0 Å². The maximum Gasteiger partial charge on any atom is 0.142 e. The second-order valence-electron chi connectivity index (χ2n) is 8.44. The molecule has 1 unspecified atom stereocenters. The first-order chi connectivity index (χ1) is 12.8. The van der Waals surface area contributed by atoms with E-state index < -0.39 is 0 Å². The average Bonchev–Trinajstić information content (AvgIpc) is 3.12. The highest BCUT2D eigenvalue weighted by Crippen LogP contribution is 2.60. The average molecular weight is 379 g/mol. The molecule has 0 amide bonds. The van der Waals surface area contributed by atoms with E-state index in [1.165, 1.54) is 22.3 Å². The van der Waals surface area contributed by atoms with E-state index >= 15 is 0 Å². The lowest BCUT2D eigenvalue weighted by molar-refractivity contribution is 0.416. The van der Waals surface area contributed by atoms with Crippen LogP contribution in [-0.2, 0) is 5.41 Å². The van der Waals surface area contributed by atoms with Crippen molar-refractivity contribution in [3.8, 4) is 28.0 Å². The molecule has 0 saturated heterocycles. The minimum Gasteiger partial charge on any atom is -0.496 e. The molecule has 5 rings (SSSR count). The van der Waals surface area contributed by atoms with Gasteiger partial charge in [0.2, 0.25) is 0 Å². The fourth-order valence-electron chi connectivity index (χ4n) is 4.59. The summed E-state index contributed by atoms with van der Waals surface area (Å²) in [6.45, 7) is 6.67. The molecule has 0 bridgehead atoms. The van der Waals surface area contributed by atoms with Crippen molar-refractivity contribution in [2.75, 3.05) is 7.11 Å². The molecule has 27 heavy (non-hydrogen) atoms. The summed E-state index contributed by atoms with van der Waals surface area (Å²) in [5.74, 6) is 0.577. The van der Waals surface area contributed by atoms with E-state index in [1.807, 2.05) is 12.1 Å². The number of hydrogen-bond acceptors (Lipinski definition) is 1. The second-order valence-corrected chi connectivity index (χ2v) is 8.85. The van der Waals surface area contributed by atoms with Crippen LogP contribution in [0.5, 0.6) is 5.75 Å². The van der Waals surface area contributed by atoms with Crippen LogP contribution in [0.25, 0.3) is 22.3 Å². The predicted octanol–water partition coefficient (Wildman–Crippen LogP) is 6.93. The Morgan fingerprint density at radius 1 is 0.926 bits per heavy atom. The zero-order valence-electron chi connectivity index (χ0n) is 15.8. The Kier molecular flexibility index (Phi) is 3.34. The molecule has 0 aromatic heterocycles. The van der Waals surface area contributed by atoms with Crippen LogP contribution in [0.15, 0.2) is 42.5 Å². The number of hydrogen-bond donors (Lipinski definition) is 0. The lowest BCUT2D eigenvalue weighted by atomic mass is 9.84.